The van der Waals surface area contributed by atoms with Crippen molar-refractivity contribution in [1.82, 2.24) is 5.32 Å². The number of hydrogen-bond acceptors (Lipinski definition) is 2. The van der Waals surface area contributed by atoms with Crippen LogP contribution in [-0.4, -0.2) is 30.8 Å². The Hall–Kier alpha value is -2.46. The maximum Gasteiger partial charge on any atom is 0.275 e. The summed E-state index contributed by atoms with van der Waals surface area (Å²) in [6.45, 7) is 3.77. The van der Waals surface area contributed by atoms with Crippen LogP contribution in [0, 0.1) is 0 Å². The number of amides is 1. The fraction of sp³-hybridized carbons (Fsp3) is 0.333. The van der Waals surface area contributed by atoms with Crippen molar-refractivity contribution in [3.63, 3.8) is 0 Å². The lowest BCUT2D eigenvalue weighted by Crippen LogP contribution is -3.13. The summed E-state index contributed by atoms with van der Waals surface area (Å²) >= 11 is 0. The topological polar surface area (TPSA) is 50.6 Å². The Morgan fingerprint density at radius 2 is 1.72 bits per heavy atom. The molecular formula is C21H25N2O2+. The minimum atomic E-state index is -0.452. The summed E-state index contributed by atoms with van der Waals surface area (Å²) in [5.41, 5.74) is 3.77. The Labute approximate surface area is 148 Å². The highest BCUT2D eigenvalue weighted by atomic mass is 16.2. The molecule has 130 valence electrons. The minimum Gasteiger partial charge on any atom is -0.341 e. The van der Waals surface area contributed by atoms with Crippen molar-refractivity contribution in [3.05, 3.63) is 71.3 Å². The summed E-state index contributed by atoms with van der Waals surface area (Å²) in [6.07, 6.45) is 1.54. The predicted octanol–water partition coefficient (Wildman–Crippen LogP) is 0.944. The second kappa shape index (κ2) is 8.08. The molecule has 0 radical (unpaired) electrons. The van der Waals surface area contributed by atoms with Gasteiger partial charge in [-0.1, -0.05) is 54.6 Å². The molecule has 1 aliphatic rings. The van der Waals surface area contributed by atoms with Gasteiger partial charge in [0.15, 0.2) is 12.3 Å². The zero-order valence-corrected chi connectivity index (χ0v) is 14.6. The Morgan fingerprint density at radius 3 is 2.44 bits per heavy atom. The molecule has 1 amide bonds. The van der Waals surface area contributed by atoms with Gasteiger partial charge >= 0.3 is 0 Å². The van der Waals surface area contributed by atoms with Crippen LogP contribution < -0.4 is 10.2 Å². The number of ketones is 1. The number of Topliss-reactive ketones (excluding diaryl/α,β-unsaturated/α-hetero) is 1. The first-order valence-electron chi connectivity index (χ1n) is 8.86. The van der Waals surface area contributed by atoms with Crippen molar-refractivity contribution >= 4 is 11.7 Å². The van der Waals surface area contributed by atoms with Crippen LogP contribution in [0.4, 0.5) is 0 Å². The molecule has 0 saturated carbocycles. The van der Waals surface area contributed by atoms with Gasteiger partial charge in [0.25, 0.3) is 5.91 Å². The standard InChI is InChI=1S/C21H24N2O2/c1-16(24)20(13-17-7-3-2-4-8-17)22-21(25)15-23-12-11-18-9-5-6-10-19(18)14-23/h2-10,20H,11-15H2,1H3,(H,22,25)/p+1/t20-/m1/s1. The smallest absolute Gasteiger partial charge is 0.275 e. The zero-order chi connectivity index (χ0) is 17.6. The van der Waals surface area contributed by atoms with E-state index in [-0.39, 0.29) is 11.7 Å². The molecule has 1 unspecified atom stereocenters. The Bertz CT molecular complexity index is 743. The molecule has 2 aromatic carbocycles. The predicted molar refractivity (Wildman–Crippen MR) is 97.3 cm³/mol. The monoisotopic (exact) mass is 337 g/mol. The van der Waals surface area contributed by atoms with Gasteiger partial charge in [0.05, 0.1) is 12.6 Å². The Balaban J connectivity index is 1.56. The van der Waals surface area contributed by atoms with E-state index in [1.165, 1.54) is 23.0 Å². The van der Waals surface area contributed by atoms with Crippen molar-refractivity contribution < 1.29 is 14.5 Å². The van der Waals surface area contributed by atoms with E-state index in [0.717, 1.165) is 25.1 Å². The third-order valence-corrected chi connectivity index (χ3v) is 4.83. The van der Waals surface area contributed by atoms with Crippen LogP contribution in [0.3, 0.4) is 0 Å². The lowest BCUT2D eigenvalue weighted by molar-refractivity contribution is -0.908. The molecule has 2 atom stereocenters. The third kappa shape index (κ3) is 4.77. The Kier molecular flexibility index (Phi) is 5.61. The van der Waals surface area contributed by atoms with E-state index in [2.05, 4.69) is 23.5 Å². The summed E-state index contributed by atoms with van der Waals surface area (Å²) in [5.74, 6) is -0.0540. The fourth-order valence-corrected chi connectivity index (χ4v) is 3.41. The Morgan fingerprint density at radius 1 is 1.04 bits per heavy atom. The second-order valence-electron chi connectivity index (χ2n) is 6.79. The van der Waals surface area contributed by atoms with Crippen LogP contribution in [-0.2, 0) is 29.0 Å². The van der Waals surface area contributed by atoms with Crippen LogP contribution >= 0.6 is 0 Å². The maximum absolute atomic E-state index is 12.4. The van der Waals surface area contributed by atoms with E-state index < -0.39 is 6.04 Å². The van der Waals surface area contributed by atoms with Gasteiger partial charge in [-0.3, -0.25) is 9.59 Å². The molecule has 25 heavy (non-hydrogen) atoms. The van der Waals surface area contributed by atoms with E-state index in [1.54, 1.807) is 0 Å². The number of quaternary nitrogens is 1. The van der Waals surface area contributed by atoms with Gasteiger partial charge in [0.1, 0.15) is 6.54 Å². The largest absolute Gasteiger partial charge is 0.341 e. The number of carbonyl (C=O) groups excluding carboxylic acids is 2. The van der Waals surface area contributed by atoms with Crippen LogP contribution in [0.2, 0.25) is 0 Å². The molecule has 4 nitrogen and oxygen atoms in total. The summed E-state index contributed by atoms with van der Waals surface area (Å²) in [6, 6.07) is 17.8. The van der Waals surface area contributed by atoms with E-state index in [9.17, 15) is 9.59 Å². The van der Waals surface area contributed by atoms with Gasteiger partial charge in [0.2, 0.25) is 0 Å². The number of nitrogens with one attached hydrogen (secondary N) is 2. The molecule has 0 fully saturated rings. The first-order valence-corrected chi connectivity index (χ1v) is 8.86. The first-order chi connectivity index (χ1) is 12.1. The number of hydrogen-bond donors (Lipinski definition) is 2. The normalized spacial score (nSPS) is 17.4. The lowest BCUT2D eigenvalue weighted by Gasteiger charge is -2.26. The fourth-order valence-electron chi connectivity index (χ4n) is 3.41. The highest BCUT2D eigenvalue weighted by Gasteiger charge is 2.24. The quantitative estimate of drug-likeness (QED) is 0.824. The average molecular weight is 337 g/mol. The molecule has 4 heteroatoms. The molecule has 0 aromatic heterocycles. The molecule has 1 heterocycles. The molecule has 0 spiro atoms. The molecule has 3 rings (SSSR count). The van der Waals surface area contributed by atoms with Crippen molar-refractivity contribution in [2.75, 3.05) is 13.1 Å². The number of fused-ring (bicyclic) bond motifs is 1. The average Bonchev–Trinajstić information content (AvgIpc) is 2.62. The van der Waals surface area contributed by atoms with E-state index >= 15 is 0 Å². The van der Waals surface area contributed by atoms with Crippen molar-refractivity contribution in [2.24, 2.45) is 0 Å². The molecule has 0 saturated heterocycles. The maximum atomic E-state index is 12.4. The molecule has 0 aliphatic carbocycles. The van der Waals surface area contributed by atoms with Gasteiger partial charge in [-0.25, -0.2) is 0 Å². The van der Waals surface area contributed by atoms with E-state index in [1.807, 2.05) is 36.4 Å². The van der Waals surface area contributed by atoms with Gasteiger partial charge in [-0.15, -0.1) is 0 Å². The van der Waals surface area contributed by atoms with Crippen LogP contribution in [0.5, 0.6) is 0 Å². The van der Waals surface area contributed by atoms with Gasteiger partial charge in [-0.05, 0) is 24.5 Å². The molecular weight excluding hydrogens is 312 g/mol. The molecule has 2 N–H and O–H groups in total. The van der Waals surface area contributed by atoms with Gasteiger partial charge < -0.3 is 10.2 Å². The van der Waals surface area contributed by atoms with E-state index in [4.69, 9.17) is 0 Å². The van der Waals surface area contributed by atoms with Crippen molar-refractivity contribution in [1.29, 1.82) is 0 Å². The highest BCUT2D eigenvalue weighted by molar-refractivity contribution is 5.88. The van der Waals surface area contributed by atoms with Gasteiger partial charge in [0, 0.05) is 12.0 Å². The third-order valence-electron chi connectivity index (χ3n) is 4.83. The van der Waals surface area contributed by atoms with Gasteiger partial charge in [-0.2, -0.15) is 0 Å². The summed E-state index contributed by atoms with van der Waals surface area (Å²) in [7, 11) is 0. The molecule has 0 bridgehead atoms. The van der Waals surface area contributed by atoms with E-state index in [0.29, 0.717) is 13.0 Å². The minimum absolute atomic E-state index is 0.00353. The van der Waals surface area contributed by atoms with Crippen molar-refractivity contribution in [2.45, 2.75) is 32.4 Å². The number of rotatable bonds is 6. The van der Waals surface area contributed by atoms with Crippen LogP contribution in [0.1, 0.15) is 23.6 Å². The summed E-state index contributed by atoms with van der Waals surface area (Å²) < 4.78 is 0. The summed E-state index contributed by atoms with van der Waals surface area (Å²) in [5, 5.41) is 2.93. The highest BCUT2D eigenvalue weighted by Crippen LogP contribution is 2.10. The zero-order valence-electron chi connectivity index (χ0n) is 14.6. The lowest BCUT2D eigenvalue weighted by atomic mass is 10.00. The van der Waals surface area contributed by atoms with Crippen LogP contribution in [0.15, 0.2) is 54.6 Å². The number of carbonyl (C=O) groups is 2. The first kappa shape index (κ1) is 17.4. The van der Waals surface area contributed by atoms with Crippen molar-refractivity contribution in [3.8, 4) is 0 Å². The second-order valence-corrected chi connectivity index (χ2v) is 6.79. The van der Waals surface area contributed by atoms with Crippen LogP contribution in [0.25, 0.3) is 0 Å². The SMILES string of the molecule is CC(=O)[C@@H](Cc1ccccc1)NC(=O)C[NH+]1CCc2ccccc2C1. The summed E-state index contributed by atoms with van der Waals surface area (Å²) in [4.78, 5) is 25.6. The molecule has 2 aromatic rings. The number of benzene rings is 2. The molecule has 1 aliphatic heterocycles.